The van der Waals surface area contributed by atoms with Crippen molar-refractivity contribution in [2.75, 3.05) is 13.6 Å². The molecule has 5 heteroatoms. The molecule has 2 atom stereocenters. The summed E-state index contributed by atoms with van der Waals surface area (Å²) in [6, 6.07) is 7.38. The number of hydrogen-bond donors (Lipinski definition) is 3. The van der Waals surface area contributed by atoms with Gasteiger partial charge in [-0.1, -0.05) is 24.3 Å². The Labute approximate surface area is 112 Å². The van der Waals surface area contributed by atoms with E-state index in [1.165, 1.54) is 0 Å². The van der Waals surface area contributed by atoms with Gasteiger partial charge < -0.3 is 16.0 Å². The third-order valence-corrected chi connectivity index (χ3v) is 3.41. The lowest BCUT2D eigenvalue weighted by molar-refractivity contribution is -0.129. The summed E-state index contributed by atoms with van der Waals surface area (Å²) in [5.74, 6) is -0.543. The lowest BCUT2D eigenvalue weighted by Crippen LogP contribution is -2.47. The van der Waals surface area contributed by atoms with Gasteiger partial charge in [-0.25, -0.2) is 0 Å². The number of hydrogen-bond acceptors (Lipinski definition) is 3. The highest BCUT2D eigenvalue weighted by atomic mass is 16.2. The van der Waals surface area contributed by atoms with Crippen LogP contribution in [-0.4, -0.2) is 31.4 Å². The lowest BCUT2D eigenvalue weighted by Gasteiger charge is -2.26. The molecule has 102 valence electrons. The van der Waals surface area contributed by atoms with Crippen LogP contribution in [0.3, 0.4) is 0 Å². The number of nitrogens with one attached hydrogen (secondary N) is 3. The molecule has 0 bridgehead atoms. The molecule has 0 saturated carbocycles. The Bertz CT molecular complexity index is 487. The average Bonchev–Trinajstić information content (AvgIpc) is 2.45. The van der Waals surface area contributed by atoms with E-state index in [1.54, 1.807) is 14.0 Å². The van der Waals surface area contributed by atoms with Crippen LogP contribution in [0.25, 0.3) is 0 Å². The topological polar surface area (TPSA) is 70.2 Å². The second kappa shape index (κ2) is 5.84. The van der Waals surface area contributed by atoms with Crippen LogP contribution in [-0.2, 0) is 16.1 Å². The van der Waals surface area contributed by atoms with Gasteiger partial charge >= 0.3 is 0 Å². The van der Waals surface area contributed by atoms with Crippen molar-refractivity contribution in [2.24, 2.45) is 0 Å². The van der Waals surface area contributed by atoms with E-state index in [1.807, 2.05) is 24.3 Å². The smallest absolute Gasteiger partial charge is 0.242 e. The summed E-state index contributed by atoms with van der Waals surface area (Å²) in [7, 11) is 1.56. The predicted molar refractivity (Wildman–Crippen MR) is 72.6 cm³/mol. The molecule has 0 aromatic heterocycles. The Balaban J connectivity index is 2.11. The molecule has 5 nitrogen and oxygen atoms in total. The SMILES string of the molecule is CNC(=O)C(C)NC(=O)C1CNCc2ccccc21. The fourth-order valence-electron chi connectivity index (χ4n) is 2.33. The third kappa shape index (κ3) is 2.93. The molecule has 1 aliphatic rings. The van der Waals surface area contributed by atoms with Gasteiger partial charge in [0.25, 0.3) is 0 Å². The number of fused-ring (bicyclic) bond motifs is 1. The largest absolute Gasteiger partial charge is 0.357 e. The van der Waals surface area contributed by atoms with E-state index in [0.717, 1.165) is 17.7 Å². The standard InChI is InChI=1S/C14H19N3O2/c1-9(13(18)15-2)17-14(19)12-8-16-7-10-5-3-4-6-11(10)12/h3-6,9,12,16H,7-8H2,1-2H3,(H,15,18)(H,17,19). The Kier molecular flexibility index (Phi) is 4.16. The molecule has 0 spiro atoms. The Morgan fingerprint density at radius 3 is 2.84 bits per heavy atom. The first-order chi connectivity index (χ1) is 9.13. The van der Waals surface area contributed by atoms with Crippen molar-refractivity contribution < 1.29 is 9.59 Å². The molecule has 1 heterocycles. The quantitative estimate of drug-likeness (QED) is 0.724. The second-order valence-corrected chi connectivity index (χ2v) is 4.73. The van der Waals surface area contributed by atoms with Crippen molar-refractivity contribution in [1.82, 2.24) is 16.0 Å². The number of benzene rings is 1. The maximum Gasteiger partial charge on any atom is 0.242 e. The van der Waals surface area contributed by atoms with E-state index in [2.05, 4.69) is 16.0 Å². The molecule has 1 aliphatic heterocycles. The van der Waals surface area contributed by atoms with E-state index >= 15 is 0 Å². The molecular weight excluding hydrogens is 242 g/mol. The van der Waals surface area contributed by atoms with Crippen molar-refractivity contribution in [3.05, 3.63) is 35.4 Å². The maximum atomic E-state index is 12.3. The van der Waals surface area contributed by atoms with E-state index in [-0.39, 0.29) is 17.7 Å². The van der Waals surface area contributed by atoms with Crippen LogP contribution in [0, 0.1) is 0 Å². The van der Waals surface area contributed by atoms with Crippen LogP contribution in [0.15, 0.2) is 24.3 Å². The molecule has 2 unspecified atom stereocenters. The molecule has 0 aliphatic carbocycles. The van der Waals surface area contributed by atoms with Crippen LogP contribution in [0.1, 0.15) is 24.0 Å². The van der Waals surface area contributed by atoms with E-state index in [9.17, 15) is 9.59 Å². The number of carbonyl (C=O) groups excluding carboxylic acids is 2. The number of carbonyl (C=O) groups is 2. The van der Waals surface area contributed by atoms with Crippen molar-refractivity contribution in [1.29, 1.82) is 0 Å². The van der Waals surface area contributed by atoms with E-state index in [0.29, 0.717) is 6.54 Å². The molecule has 1 aromatic carbocycles. The van der Waals surface area contributed by atoms with Crippen LogP contribution < -0.4 is 16.0 Å². The van der Waals surface area contributed by atoms with Gasteiger partial charge in [0, 0.05) is 20.1 Å². The summed E-state index contributed by atoms with van der Waals surface area (Å²) in [4.78, 5) is 23.7. The molecule has 0 radical (unpaired) electrons. The third-order valence-electron chi connectivity index (χ3n) is 3.41. The minimum absolute atomic E-state index is 0.115. The molecule has 2 rings (SSSR count). The van der Waals surface area contributed by atoms with Gasteiger partial charge in [-0.2, -0.15) is 0 Å². The first kappa shape index (κ1) is 13.5. The minimum atomic E-state index is -0.522. The van der Waals surface area contributed by atoms with E-state index < -0.39 is 6.04 Å². The predicted octanol–water partition coefficient (Wildman–Crippen LogP) is 0.124. The summed E-state index contributed by atoms with van der Waals surface area (Å²) in [5.41, 5.74) is 2.18. The maximum absolute atomic E-state index is 12.3. The minimum Gasteiger partial charge on any atom is -0.357 e. The fraction of sp³-hybridized carbons (Fsp3) is 0.429. The highest BCUT2D eigenvalue weighted by Crippen LogP contribution is 2.23. The molecule has 0 fully saturated rings. The number of amides is 2. The number of likely N-dealkylation sites (N-methyl/N-ethyl adjacent to an activating group) is 1. The van der Waals surface area contributed by atoms with Gasteiger partial charge in [0.1, 0.15) is 6.04 Å². The highest BCUT2D eigenvalue weighted by Gasteiger charge is 2.27. The molecular formula is C14H19N3O2. The first-order valence-corrected chi connectivity index (χ1v) is 6.44. The lowest BCUT2D eigenvalue weighted by atomic mass is 9.90. The highest BCUT2D eigenvalue weighted by molar-refractivity contribution is 5.90. The van der Waals surface area contributed by atoms with Gasteiger partial charge in [-0.3, -0.25) is 9.59 Å². The monoisotopic (exact) mass is 261 g/mol. The van der Waals surface area contributed by atoms with Crippen molar-refractivity contribution in [3.8, 4) is 0 Å². The van der Waals surface area contributed by atoms with Crippen LogP contribution in [0.4, 0.5) is 0 Å². The van der Waals surface area contributed by atoms with Crippen molar-refractivity contribution >= 4 is 11.8 Å². The summed E-state index contributed by atoms with van der Waals surface area (Å²) in [6.45, 7) is 3.06. The zero-order valence-electron chi connectivity index (χ0n) is 11.2. The Hall–Kier alpha value is -1.88. The normalized spacial score (nSPS) is 19.2. The summed E-state index contributed by atoms with van der Waals surface area (Å²) < 4.78 is 0. The number of rotatable bonds is 3. The van der Waals surface area contributed by atoms with Crippen molar-refractivity contribution in [3.63, 3.8) is 0 Å². The zero-order chi connectivity index (χ0) is 13.8. The molecule has 2 amide bonds. The molecule has 19 heavy (non-hydrogen) atoms. The van der Waals surface area contributed by atoms with Gasteiger partial charge in [0.15, 0.2) is 0 Å². The summed E-state index contributed by atoms with van der Waals surface area (Å²) in [6.07, 6.45) is 0. The Morgan fingerprint density at radius 2 is 2.11 bits per heavy atom. The Morgan fingerprint density at radius 1 is 1.37 bits per heavy atom. The summed E-state index contributed by atoms with van der Waals surface area (Å²) >= 11 is 0. The molecule has 0 saturated heterocycles. The molecule has 3 N–H and O–H groups in total. The average molecular weight is 261 g/mol. The molecule has 1 aromatic rings. The van der Waals surface area contributed by atoms with Crippen LogP contribution in [0.2, 0.25) is 0 Å². The van der Waals surface area contributed by atoms with Gasteiger partial charge in [0.05, 0.1) is 5.92 Å². The van der Waals surface area contributed by atoms with E-state index in [4.69, 9.17) is 0 Å². The van der Waals surface area contributed by atoms with Gasteiger partial charge in [-0.15, -0.1) is 0 Å². The fourth-order valence-corrected chi connectivity index (χ4v) is 2.33. The summed E-state index contributed by atoms with van der Waals surface area (Å²) in [5, 5.41) is 8.50. The van der Waals surface area contributed by atoms with Crippen molar-refractivity contribution in [2.45, 2.75) is 25.4 Å². The van der Waals surface area contributed by atoms with Crippen LogP contribution >= 0.6 is 0 Å². The zero-order valence-corrected chi connectivity index (χ0v) is 11.2. The first-order valence-electron chi connectivity index (χ1n) is 6.44. The van der Waals surface area contributed by atoms with Crippen LogP contribution in [0.5, 0.6) is 0 Å². The second-order valence-electron chi connectivity index (χ2n) is 4.73. The van der Waals surface area contributed by atoms with Gasteiger partial charge in [-0.05, 0) is 18.1 Å². The van der Waals surface area contributed by atoms with Gasteiger partial charge in [0.2, 0.25) is 11.8 Å².